The molecule has 1 aromatic carbocycles. The summed E-state index contributed by atoms with van der Waals surface area (Å²) < 4.78 is 18.4. The molecule has 3 aliphatic rings. The van der Waals surface area contributed by atoms with Gasteiger partial charge in [0.1, 0.15) is 17.8 Å². The predicted molar refractivity (Wildman–Crippen MR) is 84.9 cm³/mol. The lowest BCUT2D eigenvalue weighted by Gasteiger charge is -2.46. The summed E-state index contributed by atoms with van der Waals surface area (Å²) in [6.07, 6.45) is 5.79. The van der Waals surface area contributed by atoms with E-state index in [0.717, 1.165) is 31.2 Å². The Morgan fingerprint density at radius 1 is 1.00 bits per heavy atom. The van der Waals surface area contributed by atoms with Gasteiger partial charge in [-0.2, -0.15) is 0 Å². The van der Waals surface area contributed by atoms with E-state index >= 15 is 0 Å². The lowest BCUT2D eigenvalue weighted by Crippen LogP contribution is -2.57. The van der Waals surface area contributed by atoms with Crippen LogP contribution in [0.3, 0.4) is 0 Å². The third kappa shape index (κ3) is 2.95. The lowest BCUT2D eigenvalue weighted by molar-refractivity contribution is -0.319. The van der Waals surface area contributed by atoms with Crippen molar-refractivity contribution in [3.63, 3.8) is 0 Å². The Hall–Kier alpha value is -1.23. The van der Waals surface area contributed by atoms with Crippen molar-refractivity contribution < 1.29 is 19.0 Å². The van der Waals surface area contributed by atoms with Gasteiger partial charge in [0.15, 0.2) is 12.1 Å². The summed E-state index contributed by atoms with van der Waals surface area (Å²) in [5, 5.41) is 0. The van der Waals surface area contributed by atoms with Crippen molar-refractivity contribution in [1.29, 1.82) is 0 Å². The zero-order valence-corrected chi connectivity index (χ0v) is 13.4. The van der Waals surface area contributed by atoms with Crippen LogP contribution >= 0.6 is 0 Å². The van der Waals surface area contributed by atoms with Gasteiger partial charge in [0, 0.05) is 6.42 Å². The quantitative estimate of drug-likeness (QED) is 0.795. The topological polar surface area (TPSA) is 44.8 Å². The van der Waals surface area contributed by atoms with Crippen LogP contribution in [0.4, 0.5) is 0 Å². The van der Waals surface area contributed by atoms with Crippen LogP contribution in [-0.4, -0.2) is 30.4 Å². The smallest absolute Gasteiger partial charge is 0.186 e. The van der Waals surface area contributed by atoms with Gasteiger partial charge < -0.3 is 14.2 Å². The first-order valence-corrected chi connectivity index (χ1v) is 8.80. The third-order valence-corrected chi connectivity index (χ3v) is 5.38. The number of ether oxygens (including phenoxy) is 3. The van der Waals surface area contributed by atoms with Crippen LogP contribution in [-0.2, 0) is 19.0 Å². The van der Waals surface area contributed by atoms with Crippen molar-refractivity contribution in [1.82, 2.24) is 0 Å². The molecule has 0 radical (unpaired) electrons. The molecule has 3 atom stereocenters. The van der Waals surface area contributed by atoms with E-state index in [4.69, 9.17) is 14.2 Å². The van der Waals surface area contributed by atoms with E-state index in [9.17, 15) is 4.79 Å². The summed E-state index contributed by atoms with van der Waals surface area (Å²) in [6, 6.07) is 10.1. The van der Waals surface area contributed by atoms with E-state index in [1.807, 2.05) is 30.3 Å². The highest BCUT2D eigenvalue weighted by Crippen LogP contribution is 2.41. The van der Waals surface area contributed by atoms with E-state index in [0.29, 0.717) is 13.0 Å². The molecule has 0 bridgehead atoms. The SMILES string of the molecule is O=C1C[C@@H]2OC[C@@H](c3ccccc3)O[C@@H]2OC12CCCCCC2. The van der Waals surface area contributed by atoms with Gasteiger partial charge in [0.25, 0.3) is 0 Å². The van der Waals surface area contributed by atoms with E-state index in [-0.39, 0.29) is 18.0 Å². The molecule has 23 heavy (non-hydrogen) atoms. The van der Waals surface area contributed by atoms with Gasteiger partial charge >= 0.3 is 0 Å². The zero-order chi connectivity index (χ0) is 15.7. The van der Waals surface area contributed by atoms with Crippen LogP contribution in [0.5, 0.6) is 0 Å². The largest absolute Gasteiger partial charge is 0.369 e. The second-order valence-electron chi connectivity index (χ2n) is 6.93. The first-order chi connectivity index (χ1) is 11.3. The lowest BCUT2D eigenvalue weighted by atomic mass is 9.84. The second kappa shape index (κ2) is 6.34. The second-order valence-corrected chi connectivity index (χ2v) is 6.93. The molecular weight excluding hydrogens is 292 g/mol. The molecule has 2 saturated heterocycles. The van der Waals surface area contributed by atoms with Crippen LogP contribution in [0.2, 0.25) is 0 Å². The van der Waals surface area contributed by atoms with Crippen LogP contribution < -0.4 is 0 Å². The molecule has 1 aromatic rings. The highest BCUT2D eigenvalue weighted by atomic mass is 16.7. The van der Waals surface area contributed by atoms with Gasteiger partial charge in [0.05, 0.1) is 6.61 Å². The summed E-state index contributed by atoms with van der Waals surface area (Å²) in [4.78, 5) is 12.7. The van der Waals surface area contributed by atoms with Crippen LogP contribution in [0.1, 0.15) is 56.6 Å². The minimum atomic E-state index is -0.625. The van der Waals surface area contributed by atoms with E-state index in [1.54, 1.807) is 0 Å². The first kappa shape index (κ1) is 15.3. The molecule has 0 unspecified atom stereocenters. The minimum absolute atomic E-state index is 0.117. The highest BCUT2D eigenvalue weighted by Gasteiger charge is 2.51. The van der Waals surface area contributed by atoms with E-state index in [1.165, 1.54) is 12.8 Å². The van der Waals surface area contributed by atoms with Crippen LogP contribution in [0, 0.1) is 0 Å². The average Bonchev–Trinajstić information content (AvgIpc) is 2.83. The van der Waals surface area contributed by atoms with Crippen molar-refractivity contribution in [2.24, 2.45) is 0 Å². The maximum absolute atomic E-state index is 12.7. The molecule has 2 heterocycles. The van der Waals surface area contributed by atoms with E-state index < -0.39 is 11.9 Å². The van der Waals surface area contributed by atoms with Gasteiger partial charge in [-0.3, -0.25) is 4.79 Å². The maximum Gasteiger partial charge on any atom is 0.186 e. The molecule has 124 valence electrons. The number of carbonyl (C=O) groups excluding carboxylic acids is 1. The van der Waals surface area contributed by atoms with Gasteiger partial charge in [-0.05, 0) is 18.4 Å². The average molecular weight is 316 g/mol. The molecule has 1 aliphatic carbocycles. The summed E-state index contributed by atoms with van der Waals surface area (Å²) >= 11 is 0. The molecule has 4 heteroatoms. The van der Waals surface area contributed by atoms with E-state index in [2.05, 4.69) is 0 Å². The number of ketones is 1. The molecule has 3 fully saturated rings. The Morgan fingerprint density at radius 3 is 2.48 bits per heavy atom. The Labute approximate surface area is 137 Å². The first-order valence-electron chi connectivity index (χ1n) is 8.80. The minimum Gasteiger partial charge on any atom is -0.369 e. The fourth-order valence-corrected chi connectivity index (χ4v) is 4.03. The number of Topliss-reactive ketones (excluding diaryl/α,β-unsaturated/α-hetero) is 1. The molecule has 0 N–H and O–H groups in total. The number of carbonyl (C=O) groups is 1. The van der Waals surface area contributed by atoms with Crippen molar-refractivity contribution in [3.05, 3.63) is 35.9 Å². The molecule has 0 amide bonds. The Kier molecular flexibility index (Phi) is 4.22. The summed E-state index contributed by atoms with van der Waals surface area (Å²) in [7, 11) is 0. The number of rotatable bonds is 1. The summed E-state index contributed by atoms with van der Waals surface area (Å²) in [5.41, 5.74) is 0.473. The number of fused-ring (bicyclic) bond motifs is 1. The van der Waals surface area contributed by atoms with Gasteiger partial charge in [-0.1, -0.05) is 56.0 Å². The van der Waals surface area contributed by atoms with Crippen molar-refractivity contribution in [2.75, 3.05) is 6.61 Å². The fourth-order valence-electron chi connectivity index (χ4n) is 4.03. The highest BCUT2D eigenvalue weighted by molar-refractivity contribution is 5.88. The summed E-state index contributed by atoms with van der Waals surface area (Å²) in [6.45, 7) is 0.481. The fraction of sp³-hybridized carbons (Fsp3) is 0.632. The number of benzene rings is 1. The molecule has 1 saturated carbocycles. The predicted octanol–water partition coefficient (Wildman–Crippen LogP) is 3.55. The molecular formula is C19H24O4. The zero-order valence-electron chi connectivity index (χ0n) is 13.4. The third-order valence-electron chi connectivity index (χ3n) is 5.38. The number of hydrogen-bond donors (Lipinski definition) is 0. The Balaban J connectivity index is 1.52. The van der Waals surface area contributed by atoms with Crippen molar-refractivity contribution >= 4 is 5.78 Å². The molecule has 2 aliphatic heterocycles. The Bertz CT molecular complexity index is 548. The number of hydrogen-bond acceptors (Lipinski definition) is 4. The summed E-state index contributed by atoms with van der Waals surface area (Å²) in [5.74, 6) is 0.211. The maximum atomic E-state index is 12.7. The van der Waals surface area contributed by atoms with Crippen LogP contribution in [0.25, 0.3) is 0 Å². The molecule has 4 rings (SSSR count). The Morgan fingerprint density at radius 2 is 1.74 bits per heavy atom. The molecule has 4 nitrogen and oxygen atoms in total. The molecule has 0 aromatic heterocycles. The monoisotopic (exact) mass is 316 g/mol. The van der Waals surface area contributed by atoms with Gasteiger partial charge in [-0.15, -0.1) is 0 Å². The van der Waals surface area contributed by atoms with Gasteiger partial charge in [0.2, 0.25) is 0 Å². The standard InChI is InChI=1S/C19H24O4/c20-17-12-15-18(23-19(17)10-6-1-2-7-11-19)22-16(13-21-15)14-8-4-3-5-9-14/h3-5,8-9,15-16,18H,1-2,6-7,10-13H2/t15-,16-,18+/m0/s1. The molecule has 1 spiro atoms. The van der Waals surface area contributed by atoms with Gasteiger partial charge in [-0.25, -0.2) is 0 Å². The van der Waals surface area contributed by atoms with Crippen molar-refractivity contribution in [2.45, 2.75) is 69.0 Å². The normalized spacial score (nSPS) is 33.9. The van der Waals surface area contributed by atoms with Crippen LogP contribution in [0.15, 0.2) is 30.3 Å². The van der Waals surface area contributed by atoms with Crippen molar-refractivity contribution in [3.8, 4) is 0 Å².